The number of carbonyl (C=O) groups is 1. The van der Waals surface area contributed by atoms with Crippen molar-refractivity contribution < 1.29 is 9.18 Å². The zero-order chi connectivity index (χ0) is 16.5. The molecular weight excluding hydrogens is 341 g/mol. The lowest BCUT2D eigenvalue weighted by molar-refractivity contribution is 0.0777. The lowest BCUT2D eigenvalue weighted by atomic mass is 9.90. The molecule has 0 radical (unpaired) electrons. The van der Waals surface area contributed by atoms with Crippen molar-refractivity contribution in [2.24, 2.45) is 0 Å². The molecule has 1 aromatic heterocycles. The van der Waals surface area contributed by atoms with E-state index in [-0.39, 0.29) is 17.7 Å². The normalized spacial score (nSPS) is 21.1. The Morgan fingerprint density at radius 2 is 2.08 bits per heavy atom. The zero-order valence-electron chi connectivity index (χ0n) is 13.2. The summed E-state index contributed by atoms with van der Waals surface area (Å²) >= 11 is 3.47. The Labute approximate surface area is 149 Å². The number of nitrogens with zero attached hydrogens (tertiary/aromatic N) is 1. The molecule has 0 saturated carbocycles. The number of thioether (sulfide) groups is 1. The number of amides is 1. The molecule has 2 nitrogen and oxygen atoms in total. The van der Waals surface area contributed by atoms with E-state index in [2.05, 4.69) is 12.1 Å². The average molecular weight is 359 g/mol. The van der Waals surface area contributed by atoms with E-state index in [0.717, 1.165) is 39.6 Å². The summed E-state index contributed by atoms with van der Waals surface area (Å²) in [5.74, 6) is 2.20. The number of carbonyl (C=O) groups excluding carboxylic acids is 1. The van der Waals surface area contributed by atoms with Crippen molar-refractivity contribution in [2.75, 3.05) is 24.6 Å². The Morgan fingerprint density at radius 1 is 1.25 bits per heavy atom. The largest absolute Gasteiger partial charge is 0.336 e. The van der Waals surface area contributed by atoms with Crippen LogP contribution in [0.15, 0.2) is 48.3 Å². The summed E-state index contributed by atoms with van der Waals surface area (Å²) < 4.78 is 14.4. The second kappa shape index (κ2) is 6.73. The van der Waals surface area contributed by atoms with Crippen molar-refractivity contribution in [1.82, 2.24) is 4.90 Å². The minimum atomic E-state index is -0.164. The van der Waals surface area contributed by atoms with Crippen molar-refractivity contribution in [1.29, 1.82) is 0 Å². The average Bonchev–Trinajstić information content (AvgIpc) is 3.07. The Morgan fingerprint density at radius 3 is 2.83 bits per heavy atom. The maximum Gasteiger partial charge on any atom is 0.264 e. The first-order chi connectivity index (χ1) is 11.7. The molecule has 2 aliphatic rings. The molecule has 1 aliphatic heterocycles. The van der Waals surface area contributed by atoms with Crippen molar-refractivity contribution in [3.05, 3.63) is 58.8 Å². The van der Waals surface area contributed by atoms with Crippen LogP contribution in [0.2, 0.25) is 0 Å². The number of benzene rings is 1. The molecule has 1 aromatic carbocycles. The summed E-state index contributed by atoms with van der Waals surface area (Å²) in [6, 6.07) is 8.21. The van der Waals surface area contributed by atoms with Gasteiger partial charge in [0.1, 0.15) is 5.83 Å². The monoisotopic (exact) mass is 359 g/mol. The maximum absolute atomic E-state index is 13.2. The molecule has 2 heterocycles. The van der Waals surface area contributed by atoms with Crippen LogP contribution in [-0.4, -0.2) is 35.4 Å². The van der Waals surface area contributed by atoms with E-state index < -0.39 is 0 Å². The first kappa shape index (κ1) is 15.9. The highest BCUT2D eigenvalue weighted by Gasteiger charge is 2.22. The van der Waals surface area contributed by atoms with Crippen molar-refractivity contribution >= 4 is 39.1 Å². The SMILES string of the molecule is O=C(c1cc2c(C3C=CC(F)=CC3)cccc2s1)N1CCSCC1. The molecule has 2 aromatic rings. The smallest absolute Gasteiger partial charge is 0.264 e. The van der Waals surface area contributed by atoms with Gasteiger partial charge in [0.05, 0.1) is 4.88 Å². The van der Waals surface area contributed by atoms with Crippen LogP contribution in [0.3, 0.4) is 0 Å². The Hall–Kier alpha value is -1.59. The number of thiophene rings is 1. The van der Waals surface area contributed by atoms with Gasteiger partial charge in [0.2, 0.25) is 0 Å². The number of rotatable bonds is 2. The van der Waals surface area contributed by atoms with E-state index in [0.29, 0.717) is 6.42 Å². The molecule has 1 aliphatic carbocycles. The van der Waals surface area contributed by atoms with Crippen molar-refractivity contribution in [2.45, 2.75) is 12.3 Å². The predicted molar refractivity (Wildman–Crippen MR) is 101 cm³/mol. The summed E-state index contributed by atoms with van der Waals surface area (Å²) in [6.07, 6.45) is 5.76. The van der Waals surface area contributed by atoms with Crippen molar-refractivity contribution in [3.63, 3.8) is 0 Å². The molecule has 0 bridgehead atoms. The Bertz CT molecular complexity index is 833. The number of hydrogen-bond acceptors (Lipinski definition) is 3. The van der Waals surface area contributed by atoms with E-state index in [9.17, 15) is 9.18 Å². The molecule has 0 N–H and O–H groups in total. The molecule has 1 amide bonds. The summed E-state index contributed by atoms with van der Waals surface area (Å²) in [7, 11) is 0. The van der Waals surface area contributed by atoms with Gasteiger partial charge in [-0.25, -0.2) is 4.39 Å². The minimum absolute atomic E-state index is 0.146. The van der Waals surface area contributed by atoms with Crippen LogP contribution in [-0.2, 0) is 0 Å². The zero-order valence-corrected chi connectivity index (χ0v) is 14.8. The van der Waals surface area contributed by atoms with Gasteiger partial charge >= 0.3 is 0 Å². The van der Waals surface area contributed by atoms with E-state index in [4.69, 9.17) is 0 Å². The molecule has 124 valence electrons. The molecule has 4 rings (SSSR count). The van der Waals surface area contributed by atoms with E-state index in [1.807, 2.05) is 34.9 Å². The molecular formula is C19H18FNOS2. The summed E-state index contributed by atoms with van der Waals surface area (Å²) in [6.45, 7) is 1.67. The summed E-state index contributed by atoms with van der Waals surface area (Å²) in [4.78, 5) is 15.5. The van der Waals surface area contributed by atoms with Gasteiger partial charge in [-0.15, -0.1) is 11.3 Å². The molecule has 1 fully saturated rings. The third-order valence-electron chi connectivity index (χ3n) is 4.56. The van der Waals surface area contributed by atoms with Crippen LogP contribution in [0, 0.1) is 0 Å². The van der Waals surface area contributed by atoms with Gasteiger partial charge in [0.15, 0.2) is 0 Å². The van der Waals surface area contributed by atoms with Crippen LogP contribution in [0.1, 0.15) is 27.6 Å². The Kier molecular flexibility index (Phi) is 4.46. The molecule has 1 unspecified atom stereocenters. The lowest BCUT2D eigenvalue weighted by Gasteiger charge is -2.25. The first-order valence-electron chi connectivity index (χ1n) is 8.16. The quantitative estimate of drug-likeness (QED) is 0.753. The van der Waals surface area contributed by atoms with Crippen LogP contribution >= 0.6 is 23.1 Å². The predicted octanol–water partition coefficient (Wildman–Crippen LogP) is 4.99. The third kappa shape index (κ3) is 3.03. The third-order valence-corrected chi connectivity index (χ3v) is 6.59. The second-order valence-corrected chi connectivity index (χ2v) is 8.37. The van der Waals surface area contributed by atoms with Gasteiger partial charge in [-0.2, -0.15) is 11.8 Å². The number of halogens is 1. The highest BCUT2D eigenvalue weighted by Crippen LogP contribution is 2.36. The Balaban J connectivity index is 1.67. The number of hydrogen-bond donors (Lipinski definition) is 0. The van der Waals surface area contributed by atoms with Gasteiger partial charge in [-0.05, 0) is 41.7 Å². The van der Waals surface area contributed by atoms with E-state index in [1.165, 1.54) is 11.6 Å². The van der Waals surface area contributed by atoms with Gasteiger partial charge in [-0.3, -0.25) is 4.79 Å². The van der Waals surface area contributed by atoms with Crippen LogP contribution in [0.5, 0.6) is 0 Å². The molecule has 1 saturated heterocycles. The fourth-order valence-electron chi connectivity index (χ4n) is 3.26. The molecule has 5 heteroatoms. The fraction of sp³-hybridized carbons (Fsp3) is 0.316. The summed E-state index contributed by atoms with van der Waals surface area (Å²) in [5, 5.41) is 1.13. The molecule has 1 atom stereocenters. The van der Waals surface area contributed by atoms with Gasteiger partial charge in [0, 0.05) is 35.2 Å². The number of fused-ring (bicyclic) bond motifs is 1. The lowest BCUT2D eigenvalue weighted by Crippen LogP contribution is -2.37. The standard InChI is InChI=1S/C19H18FNOS2/c20-14-6-4-13(5-7-14)15-2-1-3-17-16(15)12-18(24-17)19(22)21-8-10-23-11-9-21/h1-4,6-7,12-13H,5,8-11H2. The number of allylic oxidation sites excluding steroid dienone is 4. The fourth-order valence-corrected chi connectivity index (χ4v) is 5.23. The van der Waals surface area contributed by atoms with E-state index in [1.54, 1.807) is 17.4 Å². The van der Waals surface area contributed by atoms with Gasteiger partial charge < -0.3 is 4.90 Å². The highest BCUT2D eigenvalue weighted by atomic mass is 32.2. The van der Waals surface area contributed by atoms with Gasteiger partial charge in [0.25, 0.3) is 5.91 Å². The second-order valence-electron chi connectivity index (χ2n) is 6.06. The molecule has 0 spiro atoms. The molecule has 24 heavy (non-hydrogen) atoms. The van der Waals surface area contributed by atoms with Crippen LogP contribution in [0.25, 0.3) is 10.1 Å². The maximum atomic E-state index is 13.2. The minimum Gasteiger partial charge on any atom is -0.336 e. The first-order valence-corrected chi connectivity index (χ1v) is 10.1. The topological polar surface area (TPSA) is 20.3 Å². The van der Waals surface area contributed by atoms with E-state index >= 15 is 0 Å². The van der Waals surface area contributed by atoms with Crippen molar-refractivity contribution in [3.8, 4) is 0 Å². The summed E-state index contributed by atoms with van der Waals surface area (Å²) in [5.41, 5.74) is 1.18. The highest BCUT2D eigenvalue weighted by molar-refractivity contribution is 7.99. The van der Waals surface area contributed by atoms with Gasteiger partial charge in [-0.1, -0.05) is 18.2 Å². The van der Waals surface area contributed by atoms with Crippen LogP contribution < -0.4 is 0 Å². The van der Waals surface area contributed by atoms with Crippen LogP contribution in [0.4, 0.5) is 4.39 Å².